The van der Waals surface area contributed by atoms with Crippen molar-refractivity contribution in [2.45, 2.75) is 25.4 Å². The van der Waals surface area contributed by atoms with Crippen LogP contribution in [0.1, 0.15) is 19.3 Å². The van der Waals surface area contributed by atoms with Crippen LogP contribution in [0.25, 0.3) is 0 Å². The molecule has 0 aromatic carbocycles. The van der Waals surface area contributed by atoms with Crippen molar-refractivity contribution in [2.75, 3.05) is 6.61 Å². The largest absolute Gasteiger partial charge is 0.369 e. The summed E-state index contributed by atoms with van der Waals surface area (Å²) in [7, 11) is 0. The molecule has 0 N–H and O–H groups in total. The van der Waals surface area contributed by atoms with Crippen molar-refractivity contribution in [3.8, 4) is 0 Å². The van der Waals surface area contributed by atoms with Gasteiger partial charge in [-0.25, -0.2) is 0 Å². The van der Waals surface area contributed by atoms with Gasteiger partial charge in [-0.15, -0.1) is 12.6 Å². The topological polar surface area (TPSA) is 26.3 Å². The summed E-state index contributed by atoms with van der Waals surface area (Å²) in [5, 5.41) is -0.130. The van der Waals surface area contributed by atoms with E-state index >= 15 is 0 Å². The zero-order chi connectivity index (χ0) is 6.69. The minimum atomic E-state index is -0.220. The summed E-state index contributed by atoms with van der Waals surface area (Å²) in [6.07, 6.45) is 2.80. The maximum absolute atomic E-state index is 10.5. The number of rotatable bonds is 1. The summed E-state index contributed by atoms with van der Waals surface area (Å²) in [5.74, 6) is 0. The fraction of sp³-hybridized carbons (Fsp3) is 0.833. The summed E-state index contributed by atoms with van der Waals surface area (Å²) < 4.78 is 5.11. The zero-order valence-electron chi connectivity index (χ0n) is 5.17. The Morgan fingerprint density at radius 1 is 1.56 bits per heavy atom. The summed E-state index contributed by atoms with van der Waals surface area (Å²) in [6, 6.07) is 0. The van der Waals surface area contributed by atoms with E-state index < -0.39 is 0 Å². The second-order valence-electron chi connectivity index (χ2n) is 2.19. The number of hydrogen-bond acceptors (Lipinski definition) is 2. The summed E-state index contributed by atoms with van der Waals surface area (Å²) in [6.45, 7) is 0.719. The molecule has 52 valence electrons. The Balaban J connectivity index is 2.31. The molecular weight excluding hydrogens is 136 g/mol. The van der Waals surface area contributed by atoms with Gasteiger partial charge in [0.25, 0.3) is 0 Å². The van der Waals surface area contributed by atoms with Crippen molar-refractivity contribution in [3.63, 3.8) is 0 Å². The van der Waals surface area contributed by atoms with Gasteiger partial charge in [0.1, 0.15) is 6.10 Å². The van der Waals surface area contributed by atoms with E-state index in [9.17, 15) is 4.79 Å². The van der Waals surface area contributed by atoms with Gasteiger partial charge >= 0.3 is 0 Å². The summed E-state index contributed by atoms with van der Waals surface area (Å²) in [5.41, 5.74) is 0. The Labute approximate surface area is 60.0 Å². The molecule has 0 bridgehead atoms. The molecule has 0 aliphatic carbocycles. The maximum atomic E-state index is 10.5. The maximum Gasteiger partial charge on any atom is 0.214 e. The Bertz CT molecular complexity index is 108. The molecule has 0 spiro atoms. The predicted molar refractivity (Wildman–Crippen MR) is 37.6 cm³/mol. The van der Waals surface area contributed by atoms with Gasteiger partial charge in [-0.2, -0.15) is 0 Å². The van der Waals surface area contributed by atoms with Crippen molar-refractivity contribution in [1.82, 2.24) is 0 Å². The first-order chi connectivity index (χ1) is 4.30. The van der Waals surface area contributed by atoms with Gasteiger partial charge in [0.05, 0.1) is 0 Å². The van der Waals surface area contributed by atoms with Crippen LogP contribution < -0.4 is 0 Å². The van der Waals surface area contributed by atoms with E-state index in [-0.39, 0.29) is 11.2 Å². The van der Waals surface area contributed by atoms with Crippen LogP contribution in [0.5, 0.6) is 0 Å². The highest BCUT2D eigenvalue weighted by molar-refractivity contribution is 7.96. The zero-order valence-corrected chi connectivity index (χ0v) is 6.06. The molecule has 1 heterocycles. The molecule has 0 aromatic rings. The Kier molecular flexibility index (Phi) is 2.54. The molecule has 0 saturated carbocycles. The molecule has 1 fully saturated rings. The van der Waals surface area contributed by atoms with Crippen LogP contribution in [0.4, 0.5) is 0 Å². The van der Waals surface area contributed by atoms with E-state index in [1.165, 1.54) is 0 Å². The van der Waals surface area contributed by atoms with Crippen LogP contribution in [-0.4, -0.2) is 17.8 Å². The van der Waals surface area contributed by atoms with Crippen molar-refractivity contribution in [2.24, 2.45) is 0 Å². The normalized spacial score (nSPS) is 27.9. The van der Waals surface area contributed by atoms with Crippen LogP contribution >= 0.6 is 12.6 Å². The number of carbonyl (C=O) groups is 1. The number of ether oxygens (including phenoxy) is 1. The molecule has 1 atom stereocenters. The first-order valence-corrected chi connectivity index (χ1v) is 3.60. The third kappa shape index (κ3) is 1.99. The molecule has 9 heavy (non-hydrogen) atoms. The van der Waals surface area contributed by atoms with Gasteiger partial charge in [-0.1, -0.05) is 0 Å². The lowest BCUT2D eigenvalue weighted by Crippen LogP contribution is -2.24. The molecule has 1 rings (SSSR count). The number of carbonyl (C=O) groups excluding carboxylic acids is 1. The number of thiol groups is 1. The van der Waals surface area contributed by atoms with Gasteiger partial charge in [0.15, 0.2) is 0 Å². The van der Waals surface area contributed by atoms with Crippen molar-refractivity contribution < 1.29 is 9.53 Å². The monoisotopic (exact) mass is 146 g/mol. The van der Waals surface area contributed by atoms with Gasteiger partial charge in [0.2, 0.25) is 5.12 Å². The number of hydrogen-bond donors (Lipinski definition) is 1. The van der Waals surface area contributed by atoms with E-state index in [1.54, 1.807) is 0 Å². The van der Waals surface area contributed by atoms with Crippen molar-refractivity contribution in [3.05, 3.63) is 0 Å². The lowest BCUT2D eigenvalue weighted by Gasteiger charge is -2.18. The fourth-order valence-corrected chi connectivity index (χ4v) is 1.14. The van der Waals surface area contributed by atoms with Crippen LogP contribution in [0.2, 0.25) is 0 Å². The van der Waals surface area contributed by atoms with Gasteiger partial charge in [-0.05, 0) is 19.3 Å². The summed E-state index contributed by atoms with van der Waals surface area (Å²) in [4.78, 5) is 10.5. The van der Waals surface area contributed by atoms with Crippen LogP contribution in [0, 0.1) is 0 Å². The molecule has 0 amide bonds. The second-order valence-corrected chi connectivity index (χ2v) is 2.63. The average Bonchev–Trinajstić information content (AvgIpc) is 1.90. The van der Waals surface area contributed by atoms with E-state index in [4.69, 9.17) is 4.74 Å². The summed E-state index contributed by atoms with van der Waals surface area (Å²) >= 11 is 3.68. The molecule has 1 unspecified atom stereocenters. The molecule has 1 aliphatic heterocycles. The first-order valence-electron chi connectivity index (χ1n) is 3.15. The quantitative estimate of drug-likeness (QED) is 0.559. The molecule has 0 aromatic heterocycles. The SMILES string of the molecule is O=C(S)C1CCCCO1. The Hall–Kier alpha value is -0.0200. The lowest BCUT2D eigenvalue weighted by atomic mass is 10.1. The lowest BCUT2D eigenvalue weighted by molar-refractivity contribution is -0.123. The van der Waals surface area contributed by atoms with Crippen molar-refractivity contribution in [1.29, 1.82) is 0 Å². The highest BCUT2D eigenvalue weighted by atomic mass is 32.1. The minimum absolute atomic E-state index is 0.130. The average molecular weight is 146 g/mol. The van der Waals surface area contributed by atoms with Crippen molar-refractivity contribution >= 4 is 17.7 Å². The van der Waals surface area contributed by atoms with Crippen LogP contribution in [0.3, 0.4) is 0 Å². The molecule has 3 heteroatoms. The predicted octanol–water partition coefficient (Wildman–Crippen LogP) is 1.01. The fourth-order valence-electron chi connectivity index (χ4n) is 0.935. The second kappa shape index (κ2) is 3.22. The van der Waals surface area contributed by atoms with Gasteiger partial charge in [0, 0.05) is 6.61 Å². The third-order valence-corrected chi connectivity index (χ3v) is 1.74. The Morgan fingerprint density at radius 2 is 2.33 bits per heavy atom. The minimum Gasteiger partial charge on any atom is -0.369 e. The Morgan fingerprint density at radius 3 is 2.67 bits per heavy atom. The van der Waals surface area contributed by atoms with E-state index in [2.05, 4.69) is 12.6 Å². The molecule has 0 radical (unpaired) electrons. The molecular formula is C6H10O2S. The molecule has 1 saturated heterocycles. The van der Waals surface area contributed by atoms with Crippen LogP contribution in [-0.2, 0) is 9.53 Å². The van der Waals surface area contributed by atoms with E-state index in [0.29, 0.717) is 0 Å². The van der Waals surface area contributed by atoms with E-state index in [0.717, 1.165) is 25.9 Å². The highest BCUT2D eigenvalue weighted by Gasteiger charge is 2.18. The van der Waals surface area contributed by atoms with Crippen LogP contribution in [0.15, 0.2) is 0 Å². The van der Waals surface area contributed by atoms with Gasteiger partial charge in [-0.3, -0.25) is 4.79 Å². The standard InChI is InChI=1S/C6H10O2S/c7-6(9)5-3-1-2-4-8-5/h5H,1-4H2,(H,7,9). The highest BCUT2D eigenvalue weighted by Crippen LogP contribution is 2.13. The molecule has 1 aliphatic rings. The molecule has 2 nitrogen and oxygen atoms in total. The first kappa shape index (κ1) is 7.09. The van der Waals surface area contributed by atoms with Gasteiger partial charge < -0.3 is 4.74 Å². The van der Waals surface area contributed by atoms with E-state index in [1.807, 2.05) is 0 Å². The third-order valence-electron chi connectivity index (χ3n) is 1.46. The smallest absolute Gasteiger partial charge is 0.214 e.